The zero-order chi connectivity index (χ0) is 40.8. The lowest BCUT2D eigenvalue weighted by atomic mass is 9.79. The molecule has 292 valence electrons. The minimum absolute atomic E-state index is 0.615. The molecule has 1 aliphatic heterocycles. The molecule has 3 aromatic heterocycles. The Balaban J connectivity index is 1.17. The molecule has 0 N–H and O–H groups in total. The number of hydrogen-bond acceptors (Lipinski definition) is 4. The third-order valence-corrected chi connectivity index (χ3v) is 15.0. The molecule has 3 nitrogen and oxygen atoms in total. The predicted octanol–water partition coefficient (Wildman–Crippen LogP) is 16.2. The molecule has 0 radical (unpaired) electrons. The van der Waals surface area contributed by atoms with Gasteiger partial charge in [0.1, 0.15) is 5.54 Å². The minimum Gasteiger partial charge on any atom is -0.323 e. The van der Waals surface area contributed by atoms with E-state index in [2.05, 4.69) is 217 Å². The number of para-hydroxylation sites is 1. The molecule has 0 saturated carbocycles. The molecule has 10 aromatic rings. The molecule has 0 spiro atoms. The zero-order valence-corrected chi connectivity index (χ0v) is 35.6. The molecule has 1 aliphatic carbocycles. The first kappa shape index (κ1) is 36.0. The Labute approximate surface area is 363 Å². The van der Waals surface area contributed by atoms with E-state index in [1.54, 1.807) is 0 Å². The number of anilines is 4. The summed E-state index contributed by atoms with van der Waals surface area (Å²) in [5, 5.41) is 6.37. The number of benzene rings is 7. The zero-order valence-electron chi connectivity index (χ0n) is 34.0. The van der Waals surface area contributed by atoms with E-state index in [-0.39, 0.29) is 0 Å². The van der Waals surface area contributed by atoms with Crippen molar-refractivity contribution in [2.45, 2.75) is 25.8 Å². The molecule has 0 fully saturated rings. The van der Waals surface area contributed by atoms with Crippen LogP contribution < -0.4 is 9.80 Å². The normalized spacial score (nSPS) is 16.0. The Morgan fingerprint density at radius 3 is 2.00 bits per heavy atom. The van der Waals surface area contributed by atoms with E-state index >= 15 is 0 Å². The standard InChI is InChI=1S/C56H41N3S2/c1-4-5-19-49-55(45-32-36(2)23-27-47(45)57(49)39-25-29-52-43(34-39)41-17-9-11-20-50(41)60-52)59(38-15-7-6-8-16-38)56-31-14-13-22-54(56)58(48-28-24-37(3)33-46(48)56)40-26-30-53-44(35-40)42-18-10-12-21-51(42)61-53/h4-30,32-35H,1,31H2,2-3H3/b19-5-/t56-/m1/s1. The fourth-order valence-corrected chi connectivity index (χ4v) is 12.3. The van der Waals surface area contributed by atoms with Crippen LogP contribution in [0, 0.1) is 13.8 Å². The van der Waals surface area contributed by atoms with Crippen LogP contribution in [-0.2, 0) is 5.54 Å². The van der Waals surface area contributed by atoms with Gasteiger partial charge in [-0.2, -0.15) is 0 Å². The first-order valence-corrected chi connectivity index (χ1v) is 22.6. The van der Waals surface area contributed by atoms with Crippen molar-refractivity contribution in [1.29, 1.82) is 0 Å². The van der Waals surface area contributed by atoms with Gasteiger partial charge >= 0.3 is 0 Å². The number of rotatable bonds is 7. The Morgan fingerprint density at radius 2 is 1.26 bits per heavy atom. The lowest BCUT2D eigenvalue weighted by molar-refractivity contribution is 0.528. The van der Waals surface area contributed by atoms with Crippen molar-refractivity contribution >= 4 is 103 Å². The number of fused-ring (bicyclic) bond motifs is 10. The van der Waals surface area contributed by atoms with E-state index in [0.717, 1.165) is 34.7 Å². The van der Waals surface area contributed by atoms with Crippen molar-refractivity contribution in [3.05, 3.63) is 217 Å². The van der Waals surface area contributed by atoms with Crippen molar-refractivity contribution in [3.8, 4) is 5.69 Å². The fourth-order valence-electron chi connectivity index (χ4n) is 10.1. The van der Waals surface area contributed by atoms with E-state index in [1.807, 2.05) is 28.7 Å². The van der Waals surface area contributed by atoms with Crippen LogP contribution in [0.5, 0.6) is 0 Å². The van der Waals surface area contributed by atoms with E-state index in [1.165, 1.54) is 79.5 Å². The van der Waals surface area contributed by atoms with Crippen LogP contribution in [0.25, 0.3) is 63.0 Å². The minimum atomic E-state index is -0.615. The van der Waals surface area contributed by atoms with E-state index in [0.29, 0.717) is 0 Å². The Morgan fingerprint density at radius 1 is 0.623 bits per heavy atom. The lowest BCUT2D eigenvalue weighted by Crippen LogP contribution is -2.45. The average Bonchev–Trinajstić information content (AvgIpc) is 4.02. The molecular formula is C56H41N3S2. The van der Waals surface area contributed by atoms with Gasteiger partial charge in [-0.15, -0.1) is 22.7 Å². The molecular weight excluding hydrogens is 779 g/mol. The molecule has 0 unspecified atom stereocenters. The summed E-state index contributed by atoms with van der Waals surface area (Å²) in [6.07, 6.45) is 14.0. The summed E-state index contributed by atoms with van der Waals surface area (Å²) >= 11 is 3.72. The smallest absolute Gasteiger partial charge is 0.116 e. The van der Waals surface area contributed by atoms with Crippen molar-refractivity contribution in [1.82, 2.24) is 4.57 Å². The van der Waals surface area contributed by atoms with Crippen LogP contribution >= 0.6 is 22.7 Å². The Hall–Kier alpha value is -6.92. The van der Waals surface area contributed by atoms with E-state index in [9.17, 15) is 0 Å². The van der Waals surface area contributed by atoms with Gasteiger partial charge in [-0.1, -0.05) is 115 Å². The van der Waals surface area contributed by atoms with Gasteiger partial charge in [-0.05, 0) is 111 Å². The summed E-state index contributed by atoms with van der Waals surface area (Å²) in [6, 6.07) is 56.7. The molecule has 12 rings (SSSR count). The van der Waals surface area contributed by atoms with Crippen LogP contribution in [0.2, 0.25) is 0 Å². The summed E-state index contributed by atoms with van der Waals surface area (Å²) in [6.45, 7) is 8.62. The van der Waals surface area contributed by atoms with Crippen molar-refractivity contribution in [3.63, 3.8) is 0 Å². The van der Waals surface area contributed by atoms with Crippen LogP contribution in [0.1, 0.15) is 28.8 Å². The molecule has 0 saturated heterocycles. The molecule has 0 bridgehead atoms. The van der Waals surface area contributed by atoms with Crippen LogP contribution in [0.3, 0.4) is 0 Å². The SMILES string of the molecule is C=C/C=C\c1c(N(c2ccccc2)[C@@]23CC=CC=C2N(c2ccc4sc5ccccc5c4c2)c2ccc(C)cc23)c2cc(C)ccc2n1-c1ccc2sc3ccccc3c2c1. The van der Waals surface area contributed by atoms with Crippen molar-refractivity contribution in [2.75, 3.05) is 9.80 Å². The van der Waals surface area contributed by atoms with Gasteiger partial charge in [-0.3, -0.25) is 0 Å². The van der Waals surface area contributed by atoms with Gasteiger partial charge in [0.25, 0.3) is 0 Å². The first-order valence-electron chi connectivity index (χ1n) is 20.9. The van der Waals surface area contributed by atoms with E-state index in [4.69, 9.17) is 0 Å². The third-order valence-electron chi connectivity index (χ3n) is 12.7. The fraction of sp³-hybridized carbons (Fsp3) is 0.0714. The second kappa shape index (κ2) is 13.8. The molecule has 7 aromatic carbocycles. The summed E-state index contributed by atoms with van der Waals surface area (Å²) in [5.74, 6) is 0. The lowest BCUT2D eigenvalue weighted by Gasteiger charge is -2.46. The number of aryl methyl sites for hydroxylation is 2. The van der Waals surface area contributed by atoms with Crippen molar-refractivity contribution in [2.24, 2.45) is 0 Å². The molecule has 5 heteroatoms. The molecule has 61 heavy (non-hydrogen) atoms. The van der Waals surface area contributed by atoms with Crippen molar-refractivity contribution < 1.29 is 0 Å². The monoisotopic (exact) mass is 819 g/mol. The summed E-state index contributed by atoms with van der Waals surface area (Å²) in [4.78, 5) is 5.22. The summed E-state index contributed by atoms with van der Waals surface area (Å²) in [5.41, 5.74) is 12.4. The van der Waals surface area contributed by atoms with Gasteiger partial charge in [-0.25, -0.2) is 0 Å². The maximum atomic E-state index is 4.18. The van der Waals surface area contributed by atoms with Gasteiger partial charge < -0.3 is 14.4 Å². The third kappa shape index (κ3) is 5.34. The number of aromatic nitrogens is 1. The Bertz CT molecular complexity index is 3520. The maximum Gasteiger partial charge on any atom is 0.116 e. The number of thiophene rings is 2. The van der Waals surface area contributed by atoms with Gasteiger partial charge in [0, 0.05) is 68.4 Å². The van der Waals surface area contributed by atoms with Crippen LogP contribution in [-0.4, -0.2) is 4.57 Å². The highest BCUT2D eigenvalue weighted by molar-refractivity contribution is 7.26. The van der Waals surface area contributed by atoms with Gasteiger partial charge in [0.15, 0.2) is 0 Å². The first-order chi connectivity index (χ1) is 30.0. The maximum absolute atomic E-state index is 4.18. The number of hydrogen-bond donors (Lipinski definition) is 0. The van der Waals surface area contributed by atoms with E-state index < -0.39 is 5.54 Å². The predicted molar refractivity (Wildman–Crippen MR) is 265 cm³/mol. The molecule has 4 heterocycles. The van der Waals surface area contributed by atoms with Gasteiger partial charge in [0.2, 0.25) is 0 Å². The molecule has 1 atom stereocenters. The second-order valence-electron chi connectivity index (χ2n) is 16.3. The molecule has 0 amide bonds. The van der Waals surface area contributed by atoms with Gasteiger partial charge in [0.05, 0.1) is 28.3 Å². The highest BCUT2D eigenvalue weighted by atomic mass is 32.1. The highest BCUT2D eigenvalue weighted by Crippen LogP contribution is 2.61. The van der Waals surface area contributed by atoms with Crippen LogP contribution in [0.15, 0.2) is 194 Å². The molecule has 2 aliphatic rings. The topological polar surface area (TPSA) is 11.4 Å². The number of allylic oxidation sites excluding steroid dienone is 4. The second-order valence-corrected chi connectivity index (χ2v) is 18.5. The summed E-state index contributed by atoms with van der Waals surface area (Å²) in [7, 11) is 0. The highest BCUT2D eigenvalue weighted by Gasteiger charge is 2.53. The number of nitrogens with zero attached hydrogens (tertiary/aromatic N) is 3. The van der Waals surface area contributed by atoms with Crippen LogP contribution in [0.4, 0.5) is 22.7 Å². The average molecular weight is 820 g/mol. The summed E-state index contributed by atoms with van der Waals surface area (Å²) < 4.78 is 7.69. The quantitative estimate of drug-likeness (QED) is 0.148. The Kier molecular flexibility index (Phi) is 8.15. The largest absolute Gasteiger partial charge is 0.323 e.